The van der Waals surface area contributed by atoms with Gasteiger partial charge in [-0.3, -0.25) is 0 Å². The van der Waals surface area contributed by atoms with Gasteiger partial charge >= 0.3 is 0 Å². The monoisotopic (exact) mass is 231 g/mol. The molecule has 1 aromatic carbocycles. The quantitative estimate of drug-likeness (QED) is 0.834. The maximum Gasteiger partial charge on any atom is 0.153 e. The second-order valence-corrected chi connectivity index (χ2v) is 3.99. The number of nitrogens with two attached hydrogens (primary N) is 1. The molecule has 0 amide bonds. The van der Waals surface area contributed by atoms with Gasteiger partial charge in [-0.25, -0.2) is 9.37 Å². The Kier molecular flexibility index (Phi) is 2.95. The Bertz CT molecular complexity index is 552. The Balaban J connectivity index is 2.35. The Morgan fingerprint density at radius 3 is 2.76 bits per heavy atom. The molecule has 0 atom stereocenters. The van der Waals surface area contributed by atoms with E-state index in [2.05, 4.69) is 10.3 Å². The molecule has 2 aromatic rings. The van der Waals surface area contributed by atoms with Gasteiger partial charge in [-0.2, -0.15) is 0 Å². The molecule has 2 rings (SSSR count). The molecule has 0 saturated carbocycles. The zero-order chi connectivity index (χ0) is 12.4. The van der Waals surface area contributed by atoms with Gasteiger partial charge in [-0.15, -0.1) is 0 Å². The highest BCUT2D eigenvalue weighted by atomic mass is 19.1. The molecular weight excluding hydrogens is 217 g/mol. The van der Waals surface area contributed by atoms with Crippen molar-refractivity contribution in [2.24, 2.45) is 0 Å². The summed E-state index contributed by atoms with van der Waals surface area (Å²) in [4.78, 5) is 4.19. The SMILES string of the molecule is Cc1cnc(Nc2cccc(F)c2C)c(N)c1. The second-order valence-electron chi connectivity index (χ2n) is 3.99. The lowest BCUT2D eigenvalue weighted by molar-refractivity contribution is 0.619. The highest BCUT2D eigenvalue weighted by Gasteiger charge is 2.06. The van der Waals surface area contributed by atoms with Gasteiger partial charge in [-0.1, -0.05) is 6.07 Å². The molecular formula is C13H14FN3. The molecule has 0 radical (unpaired) electrons. The number of rotatable bonds is 2. The van der Waals surface area contributed by atoms with E-state index in [0.29, 0.717) is 22.8 Å². The minimum Gasteiger partial charge on any atom is -0.396 e. The van der Waals surface area contributed by atoms with Crippen LogP contribution in [0.4, 0.5) is 21.6 Å². The minimum absolute atomic E-state index is 0.249. The highest BCUT2D eigenvalue weighted by Crippen LogP contribution is 2.24. The van der Waals surface area contributed by atoms with Gasteiger partial charge in [0.2, 0.25) is 0 Å². The van der Waals surface area contributed by atoms with Crippen LogP contribution in [-0.4, -0.2) is 4.98 Å². The first kappa shape index (κ1) is 11.4. The number of nitrogens with one attached hydrogen (secondary N) is 1. The molecule has 0 aliphatic rings. The summed E-state index contributed by atoms with van der Waals surface area (Å²) in [6.07, 6.45) is 1.72. The number of hydrogen-bond donors (Lipinski definition) is 2. The van der Waals surface area contributed by atoms with Crippen LogP contribution in [0.5, 0.6) is 0 Å². The van der Waals surface area contributed by atoms with Crippen LogP contribution in [0.1, 0.15) is 11.1 Å². The predicted octanol–water partition coefficient (Wildman–Crippen LogP) is 3.16. The number of aryl methyl sites for hydroxylation is 1. The topological polar surface area (TPSA) is 50.9 Å². The lowest BCUT2D eigenvalue weighted by Gasteiger charge is -2.11. The molecule has 0 spiro atoms. The van der Waals surface area contributed by atoms with E-state index in [1.165, 1.54) is 6.07 Å². The average Bonchev–Trinajstić information content (AvgIpc) is 2.28. The fourth-order valence-corrected chi connectivity index (χ4v) is 1.57. The van der Waals surface area contributed by atoms with Crippen LogP contribution in [-0.2, 0) is 0 Å². The zero-order valence-corrected chi connectivity index (χ0v) is 9.79. The van der Waals surface area contributed by atoms with Crippen molar-refractivity contribution >= 4 is 17.2 Å². The number of hydrogen-bond acceptors (Lipinski definition) is 3. The Hall–Kier alpha value is -2.10. The molecule has 1 aromatic heterocycles. The van der Waals surface area contributed by atoms with Crippen molar-refractivity contribution in [1.29, 1.82) is 0 Å². The zero-order valence-electron chi connectivity index (χ0n) is 9.79. The number of pyridine rings is 1. The van der Waals surface area contributed by atoms with Gasteiger partial charge in [0.05, 0.1) is 5.69 Å². The third-order valence-electron chi connectivity index (χ3n) is 2.57. The van der Waals surface area contributed by atoms with Crippen LogP contribution < -0.4 is 11.1 Å². The summed E-state index contributed by atoms with van der Waals surface area (Å²) < 4.78 is 13.4. The van der Waals surface area contributed by atoms with Crippen LogP contribution in [0.2, 0.25) is 0 Å². The molecule has 4 heteroatoms. The first-order chi connectivity index (χ1) is 8.08. The van der Waals surface area contributed by atoms with Gasteiger partial charge in [0.15, 0.2) is 5.82 Å². The first-order valence-electron chi connectivity index (χ1n) is 5.32. The first-order valence-corrected chi connectivity index (χ1v) is 5.32. The number of benzene rings is 1. The standard InChI is InChI=1S/C13H14FN3/c1-8-6-11(15)13(16-7-8)17-12-5-3-4-10(14)9(12)2/h3-7H,15H2,1-2H3,(H,16,17). The maximum atomic E-state index is 13.4. The van der Waals surface area contributed by atoms with Crippen molar-refractivity contribution in [2.75, 3.05) is 11.1 Å². The summed E-state index contributed by atoms with van der Waals surface area (Å²) in [5, 5.41) is 3.03. The summed E-state index contributed by atoms with van der Waals surface area (Å²) >= 11 is 0. The minimum atomic E-state index is -0.249. The van der Waals surface area contributed by atoms with Crippen molar-refractivity contribution in [3.05, 3.63) is 47.4 Å². The number of nitrogens with zero attached hydrogens (tertiary/aromatic N) is 1. The fourth-order valence-electron chi connectivity index (χ4n) is 1.57. The summed E-state index contributed by atoms with van der Waals surface area (Å²) in [5.74, 6) is 0.296. The number of nitrogen functional groups attached to an aromatic ring is 1. The fraction of sp³-hybridized carbons (Fsp3) is 0.154. The highest BCUT2D eigenvalue weighted by molar-refractivity contribution is 5.70. The summed E-state index contributed by atoms with van der Waals surface area (Å²) in [5.41, 5.74) is 8.60. The van der Waals surface area contributed by atoms with Gasteiger partial charge in [-0.05, 0) is 37.6 Å². The Labute approximate surface area is 99.5 Å². The van der Waals surface area contributed by atoms with Crippen LogP contribution >= 0.6 is 0 Å². The number of anilines is 3. The maximum absolute atomic E-state index is 13.4. The van der Waals surface area contributed by atoms with Crippen molar-refractivity contribution in [3.63, 3.8) is 0 Å². The van der Waals surface area contributed by atoms with E-state index in [1.807, 2.05) is 13.0 Å². The third kappa shape index (κ3) is 2.36. The normalized spacial score (nSPS) is 10.3. The van der Waals surface area contributed by atoms with Crippen molar-refractivity contribution in [3.8, 4) is 0 Å². The van der Waals surface area contributed by atoms with Crippen LogP contribution in [0, 0.1) is 19.7 Å². The van der Waals surface area contributed by atoms with E-state index in [-0.39, 0.29) is 5.82 Å². The molecule has 0 fully saturated rings. The molecule has 88 valence electrons. The lowest BCUT2D eigenvalue weighted by Crippen LogP contribution is -2.01. The molecule has 0 bridgehead atoms. The van der Waals surface area contributed by atoms with E-state index in [0.717, 1.165) is 5.56 Å². The number of aromatic nitrogens is 1. The molecule has 0 unspecified atom stereocenters. The smallest absolute Gasteiger partial charge is 0.153 e. The van der Waals surface area contributed by atoms with Crippen molar-refractivity contribution in [1.82, 2.24) is 4.98 Å². The van der Waals surface area contributed by atoms with Crippen LogP contribution in [0.15, 0.2) is 30.5 Å². The molecule has 3 N–H and O–H groups in total. The predicted molar refractivity (Wildman–Crippen MR) is 67.8 cm³/mol. The lowest BCUT2D eigenvalue weighted by atomic mass is 10.2. The van der Waals surface area contributed by atoms with Gasteiger partial charge < -0.3 is 11.1 Å². The molecule has 0 aliphatic heterocycles. The van der Waals surface area contributed by atoms with E-state index in [9.17, 15) is 4.39 Å². The molecule has 17 heavy (non-hydrogen) atoms. The van der Waals surface area contributed by atoms with Gasteiger partial charge in [0, 0.05) is 17.4 Å². The van der Waals surface area contributed by atoms with Crippen LogP contribution in [0.3, 0.4) is 0 Å². The summed E-state index contributed by atoms with van der Waals surface area (Å²) in [6.45, 7) is 3.63. The van der Waals surface area contributed by atoms with Crippen molar-refractivity contribution in [2.45, 2.75) is 13.8 Å². The largest absolute Gasteiger partial charge is 0.396 e. The summed E-state index contributed by atoms with van der Waals surface area (Å²) in [7, 11) is 0. The molecule has 0 aliphatic carbocycles. The molecule has 1 heterocycles. The summed E-state index contributed by atoms with van der Waals surface area (Å²) in [6, 6.07) is 6.69. The van der Waals surface area contributed by atoms with E-state index >= 15 is 0 Å². The van der Waals surface area contributed by atoms with Gasteiger partial charge in [0.25, 0.3) is 0 Å². The number of halogens is 1. The Morgan fingerprint density at radius 2 is 2.06 bits per heavy atom. The second kappa shape index (κ2) is 4.41. The average molecular weight is 231 g/mol. The Morgan fingerprint density at radius 1 is 1.29 bits per heavy atom. The van der Waals surface area contributed by atoms with Crippen LogP contribution in [0.25, 0.3) is 0 Å². The third-order valence-corrected chi connectivity index (χ3v) is 2.57. The van der Waals surface area contributed by atoms with E-state index in [4.69, 9.17) is 5.73 Å². The van der Waals surface area contributed by atoms with Crippen molar-refractivity contribution < 1.29 is 4.39 Å². The van der Waals surface area contributed by atoms with E-state index < -0.39 is 0 Å². The van der Waals surface area contributed by atoms with E-state index in [1.54, 1.807) is 25.3 Å². The molecule has 0 saturated heterocycles. The van der Waals surface area contributed by atoms with Gasteiger partial charge in [0.1, 0.15) is 5.82 Å². The molecule has 3 nitrogen and oxygen atoms in total.